The van der Waals surface area contributed by atoms with Crippen molar-refractivity contribution in [2.45, 2.75) is 51.8 Å². The van der Waals surface area contributed by atoms with Crippen molar-refractivity contribution in [2.75, 3.05) is 25.5 Å². The summed E-state index contributed by atoms with van der Waals surface area (Å²) in [6.07, 6.45) is 2.23. The molecule has 0 spiro atoms. The number of ether oxygens (including phenoxy) is 1. The van der Waals surface area contributed by atoms with Crippen molar-refractivity contribution >= 4 is 10.8 Å². The van der Waals surface area contributed by atoms with Crippen LogP contribution >= 0.6 is 0 Å². The Balaban J connectivity index is 2.51. The smallest absolute Gasteiger partial charge is 0.0510 e. The van der Waals surface area contributed by atoms with Crippen LogP contribution in [-0.2, 0) is 15.5 Å². The average molecular weight is 275 g/mol. The normalized spacial score (nSPS) is 25.3. The molecule has 18 heavy (non-hydrogen) atoms. The van der Waals surface area contributed by atoms with Crippen molar-refractivity contribution in [3.63, 3.8) is 0 Å². The van der Waals surface area contributed by atoms with Gasteiger partial charge in [-0.15, -0.1) is 0 Å². The van der Waals surface area contributed by atoms with Gasteiger partial charge in [-0.3, -0.25) is 4.21 Å². The maximum Gasteiger partial charge on any atom is 0.0510 e. The minimum Gasteiger partial charge on any atom is -0.381 e. The first-order chi connectivity index (χ1) is 8.56. The molecule has 1 aliphatic rings. The van der Waals surface area contributed by atoms with E-state index >= 15 is 0 Å². The zero-order chi connectivity index (χ0) is 13.5. The van der Waals surface area contributed by atoms with Gasteiger partial charge in [0.05, 0.1) is 6.61 Å². The van der Waals surface area contributed by atoms with Crippen LogP contribution in [0.25, 0.3) is 0 Å². The predicted molar refractivity (Wildman–Crippen MR) is 78.3 cm³/mol. The monoisotopic (exact) mass is 275 g/mol. The first-order valence-corrected chi connectivity index (χ1v) is 8.62. The van der Waals surface area contributed by atoms with Gasteiger partial charge in [0.2, 0.25) is 0 Å². The maximum absolute atomic E-state index is 12.3. The molecule has 1 fully saturated rings. The Hall–Kier alpha value is 0.0700. The molecular weight excluding hydrogens is 246 g/mol. The van der Waals surface area contributed by atoms with Gasteiger partial charge in [-0.25, -0.2) is 0 Å². The molecule has 4 unspecified atom stereocenters. The van der Waals surface area contributed by atoms with E-state index in [1.807, 2.05) is 0 Å². The van der Waals surface area contributed by atoms with Gasteiger partial charge in [-0.2, -0.15) is 0 Å². The lowest BCUT2D eigenvalue weighted by molar-refractivity contribution is 0.178. The minimum atomic E-state index is -0.742. The summed E-state index contributed by atoms with van der Waals surface area (Å²) in [6.45, 7) is 11.3. The number of hydrogen-bond donors (Lipinski definition) is 1. The van der Waals surface area contributed by atoms with E-state index in [4.69, 9.17) is 4.74 Å². The predicted octanol–water partition coefficient (Wildman–Crippen LogP) is 2.18. The molecule has 0 aliphatic carbocycles. The lowest BCUT2D eigenvalue weighted by Crippen LogP contribution is -2.43. The Morgan fingerprint density at radius 1 is 1.39 bits per heavy atom. The second kappa shape index (κ2) is 8.28. The summed E-state index contributed by atoms with van der Waals surface area (Å²) in [5.41, 5.74) is 0. The van der Waals surface area contributed by atoms with Crippen LogP contribution in [0.2, 0.25) is 0 Å². The minimum absolute atomic E-state index is 0.276. The summed E-state index contributed by atoms with van der Waals surface area (Å²) >= 11 is 0. The zero-order valence-electron chi connectivity index (χ0n) is 12.3. The summed E-state index contributed by atoms with van der Waals surface area (Å²) in [6, 6.07) is 0.356. The first kappa shape index (κ1) is 16.1. The van der Waals surface area contributed by atoms with E-state index in [1.165, 1.54) is 0 Å². The van der Waals surface area contributed by atoms with Crippen LogP contribution < -0.4 is 5.32 Å². The Morgan fingerprint density at radius 2 is 2.11 bits per heavy atom. The molecule has 4 atom stereocenters. The second-order valence-electron chi connectivity index (χ2n) is 5.68. The molecule has 0 aromatic rings. The second-order valence-corrected chi connectivity index (χ2v) is 7.52. The molecule has 1 rings (SSSR count). The van der Waals surface area contributed by atoms with E-state index in [2.05, 4.69) is 33.0 Å². The number of nitrogens with one attached hydrogen (secondary N) is 1. The van der Waals surface area contributed by atoms with Gasteiger partial charge < -0.3 is 10.1 Å². The standard InChI is InChI=1S/C14H29NO2S/c1-5-7-15-14(13-6-8-17-9-13)10-18(16)12(4)11(2)3/h11-15H,5-10H2,1-4H3. The third kappa shape index (κ3) is 4.98. The highest BCUT2D eigenvalue weighted by Crippen LogP contribution is 2.19. The summed E-state index contributed by atoms with van der Waals surface area (Å²) < 4.78 is 17.8. The molecule has 108 valence electrons. The topological polar surface area (TPSA) is 38.3 Å². The summed E-state index contributed by atoms with van der Waals surface area (Å²) in [5.74, 6) is 1.80. The fourth-order valence-corrected chi connectivity index (χ4v) is 3.85. The van der Waals surface area contributed by atoms with E-state index in [1.54, 1.807) is 0 Å². The summed E-state index contributed by atoms with van der Waals surface area (Å²) in [7, 11) is -0.742. The lowest BCUT2D eigenvalue weighted by atomic mass is 10.0. The summed E-state index contributed by atoms with van der Waals surface area (Å²) in [5, 5.41) is 3.84. The van der Waals surface area contributed by atoms with Crippen LogP contribution in [0.15, 0.2) is 0 Å². The van der Waals surface area contributed by atoms with Crippen LogP contribution in [0.4, 0.5) is 0 Å². The average Bonchev–Trinajstić information content (AvgIpc) is 2.86. The van der Waals surface area contributed by atoms with Gasteiger partial charge in [-0.05, 0) is 25.3 Å². The highest BCUT2D eigenvalue weighted by atomic mass is 32.2. The van der Waals surface area contributed by atoms with Crippen molar-refractivity contribution in [3.05, 3.63) is 0 Å². The van der Waals surface area contributed by atoms with Gasteiger partial charge in [0.25, 0.3) is 0 Å². The number of hydrogen-bond acceptors (Lipinski definition) is 3. The Labute approximate surface area is 115 Å². The van der Waals surface area contributed by atoms with Crippen LogP contribution in [0.3, 0.4) is 0 Å². The Kier molecular flexibility index (Phi) is 7.42. The molecule has 0 radical (unpaired) electrons. The largest absolute Gasteiger partial charge is 0.381 e. The van der Waals surface area contributed by atoms with Crippen LogP contribution in [0.5, 0.6) is 0 Å². The van der Waals surface area contributed by atoms with Crippen molar-refractivity contribution in [3.8, 4) is 0 Å². The number of rotatable bonds is 8. The maximum atomic E-state index is 12.3. The van der Waals surface area contributed by atoms with E-state index in [-0.39, 0.29) is 5.25 Å². The quantitative estimate of drug-likeness (QED) is 0.738. The van der Waals surface area contributed by atoms with Crippen LogP contribution in [0.1, 0.15) is 40.5 Å². The van der Waals surface area contributed by atoms with Gasteiger partial charge in [-0.1, -0.05) is 27.7 Å². The fourth-order valence-electron chi connectivity index (χ4n) is 2.19. The van der Waals surface area contributed by atoms with E-state index in [0.29, 0.717) is 17.9 Å². The Morgan fingerprint density at radius 3 is 2.61 bits per heavy atom. The van der Waals surface area contributed by atoms with Crippen molar-refractivity contribution in [1.29, 1.82) is 0 Å². The molecule has 0 amide bonds. The molecule has 3 nitrogen and oxygen atoms in total. The highest BCUT2D eigenvalue weighted by molar-refractivity contribution is 7.85. The molecule has 1 aliphatic heterocycles. The molecule has 1 N–H and O–H groups in total. The molecule has 0 bridgehead atoms. The third-order valence-corrected chi connectivity index (χ3v) is 5.95. The van der Waals surface area contributed by atoms with E-state index < -0.39 is 10.8 Å². The van der Waals surface area contributed by atoms with Crippen molar-refractivity contribution in [1.82, 2.24) is 5.32 Å². The highest BCUT2D eigenvalue weighted by Gasteiger charge is 2.28. The molecular formula is C14H29NO2S. The summed E-state index contributed by atoms with van der Waals surface area (Å²) in [4.78, 5) is 0. The van der Waals surface area contributed by atoms with Crippen LogP contribution in [-0.4, -0.2) is 41.0 Å². The van der Waals surface area contributed by atoms with Gasteiger partial charge in [0.15, 0.2) is 0 Å². The molecule has 0 aromatic carbocycles. The zero-order valence-corrected chi connectivity index (χ0v) is 13.1. The molecule has 0 saturated carbocycles. The SMILES string of the molecule is CCCNC(CS(=O)C(C)C(C)C)C1CCOC1. The lowest BCUT2D eigenvalue weighted by Gasteiger charge is -2.25. The van der Waals surface area contributed by atoms with Crippen molar-refractivity contribution < 1.29 is 8.95 Å². The van der Waals surface area contributed by atoms with Gasteiger partial charge in [0.1, 0.15) is 0 Å². The molecule has 1 saturated heterocycles. The molecule has 1 heterocycles. The first-order valence-electron chi connectivity index (χ1n) is 7.24. The van der Waals surface area contributed by atoms with E-state index in [0.717, 1.165) is 38.4 Å². The third-order valence-electron chi connectivity index (χ3n) is 3.89. The molecule has 4 heteroatoms. The molecule has 0 aromatic heterocycles. The fraction of sp³-hybridized carbons (Fsp3) is 1.00. The van der Waals surface area contributed by atoms with Gasteiger partial charge in [0, 0.05) is 40.4 Å². The van der Waals surface area contributed by atoms with Crippen LogP contribution in [0, 0.1) is 11.8 Å². The van der Waals surface area contributed by atoms with E-state index in [9.17, 15) is 4.21 Å². The Bertz CT molecular complexity index is 252. The van der Waals surface area contributed by atoms with Gasteiger partial charge >= 0.3 is 0 Å². The van der Waals surface area contributed by atoms with Crippen molar-refractivity contribution in [2.24, 2.45) is 11.8 Å².